The predicted molar refractivity (Wildman–Crippen MR) is 91.3 cm³/mol. The van der Waals surface area contributed by atoms with Crippen molar-refractivity contribution < 1.29 is 9.53 Å². The normalized spacial score (nSPS) is 19.6. The number of carbonyl (C=O) groups excluding carboxylic acids is 1. The number of rotatable bonds is 5. The molecule has 2 aliphatic heterocycles. The third-order valence-corrected chi connectivity index (χ3v) is 4.77. The summed E-state index contributed by atoms with van der Waals surface area (Å²) in [5.74, 6) is 1.63. The molecular weight excluding hydrogens is 304 g/mol. The summed E-state index contributed by atoms with van der Waals surface area (Å²) in [5, 5.41) is 0. The maximum Gasteiger partial charge on any atom is 0.240 e. The Kier molecular flexibility index (Phi) is 5.46. The van der Waals surface area contributed by atoms with Crippen LogP contribution in [-0.2, 0) is 29.0 Å². The van der Waals surface area contributed by atoms with E-state index in [9.17, 15) is 4.79 Å². The van der Waals surface area contributed by atoms with Crippen LogP contribution in [0.1, 0.15) is 44.3 Å². The van der Waals surface area contributed by atoms with Crippen molar-refractivity contribution in [2.45, 2.75) is 52.7 Å². The average molecular weight is 332 g/mol. The van der Waals surface area contributed by atoms with Crippen molar-refractivity contribution in [3.05, 3.63) is 23.3 Å². The number of aromatic nitrogens is 2. The second-order valence-corrected chi connectivity index (χ2v) is 7.12. The Morgan fingerprint density at radius 2 is 2.04 bits per heavy atom. The van der Waals surface area contributed by atoms with E-state index in [1.165, 1.54) is 0 Å². The van der Waals surface area contributed by atoms with Crippen molar-refractivity contribution in [2.75, 3.05) is 26.3 Å². The summed E-state index contributed by atoms with van der Waals surface area (Å²) in [6.45, 7) is 10.8. The Morgan fingerprint density at radius 1 is 1.29 bits per heavy atom. The van der Waals surface area contributed by atoms with Gasteiger partial charge in [0, 0.05) is 37.8 Å². The summed E-state index contributed by atoms with van der Waals surface area (Å²) < 4.78 is 5.41. The molecule has 24 heavy (non-hydrogen) atoms. The van der Waals surface area contributed by atoms with E-state index in [4.69, 9.17) is 4.74 Å². The number of nitrogens with zero attached hydrogens (tertiary/aromatic N) is 4. The highest BCUT2D eigenvalue weighted by Crippen LogP contribution is 2.23. The molecule has 1 aromatic heterocycles. The van der Waals surface area contributed by atoms with Gasteiger partial charge < -0.3 is 9.64 Å². The smallest absolute Gasteiger partial charge is 0.240 e. The van der Waals surface area contributed by atoms with Gasteiger partial charge in [-0.3, -0.25) is 9.69 Å². The Bertz CT molecular complexity index is 584. The molecular formula is C18H28N4O2. The van der Waals surface area contributed by atoms with Crippen LogP contribution in [0.15, 0.2) is 6.20 Å². The van der Waals surface area contributed by atoms with Crippen molar-refractivity contribution >= 4 is 5.91 Å². The third-order valence-electron chi connectivity index (χ3n) is 4.77. The molecule has 0 aliphatic carbocycles. The first-order valence-electron chi connectivity index (χ1n) is 9.02. The van der Waals surface area contributed by atoms with Gasteiger partial charge in [-0.05, 0) is 12.3 Å². The maximum atomic E-state index is 13.0. The molecule has 0 radical (unpaired) electrons. The van der Waals surface area contributed by atoms with Crippen LogP contribution in [-0.4, -0.2) is 58.0 Å². The Balaban J connectivity index is 1.68. The lowest BCUT2D eigenvalue weighted by atomic mass is 10.1. The quantitative estimate of drug-likeness (QED) is 0.820. The van der Waals surface area contributed by atoms with Crippen LogP contribution in [0.2, 0.25) is 0 Å². The summed E-state index contributed by atoms with van der Waals surface area (Å²) in [5.41, 5.74) is 2.11. The Morgan fingerprint density at radius 3 is 2.71 bits per heavy atom. The summed E-state index contributed by atoms with van der Waals surface area (Å²) >= 11 is 0. The van der Waals surface area contributed by atoms with Gasteiger partial charge >= 0.3 is 0 Å². The van der Waals surface area contributed by atoms with Gasteiger partial charge in [0.05, 0.1) is 31.5 Å². The van der Waals surface area contributed by atoms with Gasteiger partial charge in [0.25, 0.3) is 0 Å². The van der Waals surface area contributed by atoms with Crippen LogP contribution in [0.25, 0.3) is 0 Å². The highest BCUT2D eigenvalue weighted by Gasteiger charge is 2.33. The molecule has 6 nitrogen and oxygen atoms in total. The fourth-order valence-corrected chi connectivity index (χ4v) is 3.50. The molecule has 0 spiro atoms. The Labute approximate surface area is 144 Å². The first-order chi connectivity index (χ1) is 11.6. The SMILES string of the molecule is CCC(C(=O)N1Cc2cnc(CC(C)C)nc2C1)N1CCOCC1. The fourth-order valence-electron chi connectivity index (χ4n) is 3.50. The predicted octanol–water partition coefficient (Wildman–Crippen LogP) is 1.63. The van der Waals surface area contributed by atoms with E-state index in [2.05, 4.69) is 35.6 Å². The lowest BCUT2D eigenvalue weighted by molar-refractivity contribution is -0.139. The topological polar surface area (TPSA) is 58.6 Å². The molecule has 1 atom stereocenters. The highest BCUT2D eigenvalue weighted by molar-refractivity contribution is 5.82. The summed E-state index contributed by atoms with van der Waals surface area (Å²) in [4.78, 5) is 26.3. The highest BCUT2D eigenvalue weighted by atomic mass is 16.5. The minimum atomic E-state index is -0.0497. The first kappa shape index (κ1) is 17.3. The molecule has 6 heteroatoms. The molecule has 0 saturated carbocycles. The summed E-state index contributed by atoms with van der Waals surface area (Å²) in [6.07, 6.45) is 3.62. The van der Waals surface area contributed by atoms with E-state index >= 15 is 0 Å². The molecule has 0 aromatic carbocycles. The molecule has 132 valence electrons. The zero-order valence-corrected chi connectivity index (χ0v) is 15.0. The van der Waals surface area contributed by atoms with Gasteiger partial charge in [-0.25, -0.2) is 9.97 Å². The molecule has 3 heterocycles. The molecule has 1 amide bonds. The average Bonchev–Trinajstić information content (AvgIpc) is 2.99. The molecule has 2 aliphatic rings. The van der Waals surface area contributed by atoms with Crippen LogP contribution in [0.3, 0.4) is 0 Å². The van der Waals surface area contributed by atoms with Crippen molar-refractivity contribution in [3.63, 3.8) is 0 Å². The third kappa shape index (κ3) is 3.75. The lowest BCUT2D eigenvalue weighted by Gasteiger charge is -2.35. The molecule has 3 rings (SSSR count). The van der Waals surface area contributed by atoms with Gasteiger partial charge in [-0.15, -0.1) is 0 Å². The number of carbonyl (C=O) groups is 1. The molecule has 1 saturated heterocycles. The van der Waals surface area contributed by atoms with Gasteiger partial charge in [0.15, 0.2) is 0 Å². The van der Waals surface area contributed by atoms with Gasteiger partial charge in [-0.2, -0.15) is 0 Å². The van der Waals surface area contributed by atoms with Crippen molar-refractivity contribution in [1.82, 2.24) is 19.8 Å². The van der Waals surface area contributed by atoms with Crippen LogP contribution in [0.4, 0.5) is 0 Å². The summed E-state index contributed by atoms with van der Waals surface area (Å²) in [6, 6.07) is -0.0497. The van der Waals surface area contributed by atoms with Crippen molar-refractivity contribution in [3.8, 4) is 0 Å². The van der Waals surface area contributed by atoms with Crippen LogP contribution < -0.4 is 0 Å². The Hall–Kier alpha value is -1.53. The second kappa shape index (κ2) is 7.57. The maximum absolute atomic E-state index is 13.0. The van der Waals surface area contributed by atoms with E-state index in [-0.39, 0.29) is 11.9 Å². The second-order valence-electron chi connectivity index (χ2n) is 7.12. The number of morpholine rings is 1. The van der Waals surface area contributed by atoms with Gasteiger partial charge in [-0.1, -0.05) is 20.8 Å². The van der Waals surface area contributed by atoms with Crippen LogP contribution in [0, 0.1) is 5.92 Å². The molecule has 1 fully saturated rings. The number of hydrogen-bond acceptors (Lipinski definition) is 5. The minimum Gasteiger partial charge on any atom is -0.379 e. The monoisotopic (exact) mass is 332 g/mol. The van der Waals surface area contributed by atoms with Gasteiger partial charge in [0.1, 0.15) is 5.82 Å². The van der Waals surface area contributed by atoms with Gasteiger partial charge in [0.2, 0.25) is 5.91 Å². The number of amides is 1. The molecule has 1 aromatic rings. The van der Waals surface area contributed by atoms with Crippen molar-refractivity contribution in [2.24, 2.45) is 5.92 Å². The minimum absolute atomic E-state index is 0.0497. The van der Waals surface area contributed by atoms with E-state index in [0.717, 1.165) is 43.0 Å². The van der Waals surface area contributed by atoms with Crippen LogP contribution in [0.5, 0.6) is 0 Å². The van der Waals surface area contributed by atoms with Crippen LogP contribution >= 0.6 is 0 Å². The zero-order valence-electron chi connectivity index (χ0n) is 15.0. The summed E-state index contributed by atoms with van der Waals surface area (Å²) in [7, 11) is 0. The van der Waals surface area contributed by atoms with E-state index in [1.807, 2.05) is 11.1 Å². The molecule has 1 unspecified atom stereocenters. The zero-order chi connectivity index (χ0) is 17.1. The lowest BCUT2D eigenvalue weighted by Crippen LogP contribution is -2.51. The standard InChI is InChI=1S/C18H28N4O2/c1-4-16(21-5-7-24-8-6-21)18(23)22-11-14-10-19-17(9-13(2)3)20-15(14)12-22/h10,13,16H,4-9,11-12H2,1-3H3. The van der Waals surface area contributed by atoms with Crippen molar-refractivity contribution in [1.29, 1.82) is 0 Å². The fraction of sp³-hybridized carbons (Fsp3) is 0.722. The van der Waals surface area contributed by atoms with E-state index < -0.39 is 0 Å². The molecule has 0 N–H and O–H groups in total. The largest absolute Gasteiger partial charge is 0.379 e. The number of fused-ring (bicyclic) bond motifs is 1. The number of hydrogen-bond donors (Lipinski definition) is 0. The van der Waals surface area contributed by atoms with E-state index in [1.54, 1.807) is 0 Å². The number of ether oxygens (including phenoxy) is 1. The van der Waals surface area contributed by atoms with E-state index in [0.29, 0.717) is 32.2 Å². The first-order valence-corrected chi connectivity index (χ1v) is 9.02. The molecule has 0 bridgehead atoms.